The number of esters is 1. The van der Waals surface area contributed by atoms with Crippen LogP contribution in [0.25, 0.3) is 0 Å². The molecule has 3 atom stereocenters. The molecule has 0 aromatic heterocycles. The third-order valence-corrected chi connectivity index (χ3v) is 3.96. The van der Waals surface area contributed by atoms with Gasteiger partial charge in [-0.2, -0.15) is 0 Å². The van der Waals surface area contributed by atoms with Crippen LogP contribution in [0, 0.1) is 17.3 Å². The van der Waals surface area contributed by atoms with Gasteiger partial charge in [0, 0.05) is 17.4 Å². The molecule has 1 aliphatic heterocycles. The highest BCUT2D eigenvalue weighted by Crippen LogP contribution is 2.58. The molecule has 0 spiro atoms. The number of carbonyl (C=O) groups is 1. The third-order valence-electron chi connectivity index (χ3n) is 3.96. The second-order valence-electron chi connectivity index (χ2n) is 4.69. The Morgan fingerprint density at radius 2 is 2.47 bits per heavy atom. The summed E-state index contributed by atoms with van der Waals surface area (Å²) in [5, 5.41) is 0. The summed E-state index contributed by atoms with van der Waals surface area (Å²) in [7, 11) is 0. The van der Waals surface area contributed by atoms with Crippen molar-refractivity contribution in [1.82, 2.24) is 0 Å². The molecule has 3 heteroatoms. The van der Waals surface area contributed by atoms with E-state index in [-0.39, 0.29) is 11.4 Å². The number of hydrogen-bond donors (Lipinski definition) is 0. The van der Waals surface area contributed by atoms with Gasteiger partial charge in [0.05, 0.1) is 19.8 Å². The Labute approximate surface area is 90.4 Å². The maximum absolute atomic E-state index is 11.3. The Balaban J connectivity index is 2.10. The van der Waals surface area contributed by atoms with Crippen LogP contribution in [-0.4, -0.2) is 25.8 Å². The van der Waals surface area contributed by atoms with Crippen LogP contribution in [0.5, 0.6) is 0 Å². The van der Waals surface area contributed by atoms with Crippen LogP contribution in [0.3, 0.4) is 0 Å². The van der Waals surface area contributed by atoms with Crippen molar-refractivity contribution in [2.24, 2.45) is 17.3 Å². The van der Waals surface area contributed by atoms with Crippen LogP contribution in [0.1, 0.15) is 20.8 Å². The first-order valence-electron chi connectivity index (χ1n) is 5.55. The van der Waals surface area contributed by atoms with Gasteiger partial charge in [-0.25, -0.2) is 4.79 Å². The summed E-state index contributed by atoms with van der Waals surface area (Å²) in [5.74, 6) is 0.652. The Morgan fingerprint density at radius 1 is 1.73 bits per heavy atom. The van der Waals surface area contributed by atoms with E-state index in [9.17, 15) is 4.79 Å². The molecule has 2 aliphatic rings. The molecule has 1 saturated heterocycles. The molecule has 0 unspecified atom stereocenters. The maximum Gasteiger partial charge on any atom is 0.330 e. The summed E-state index contributed by atoms with van der Waals surface area (Å²) >= 11 is 0. The number of hydrogen-bond acceptors (Lipinski definition) is 3. The number of ether oxygens (including phenoxy) is 2. The van der Waals surface area contributed by atoms with E-state index >= 15 is 0 Å². The van der Waals surface area contributed by atoms with E-state index < -0.39 is 0 Å². The molecule has 0 amide bonds. The lowest BCUT2D eigenvalue weighted by Crippen LogP contribution is -2.47. The van der Waals surface area contributed by atoms with E-state index in [1.54, 1.807) is 6.08 Å². The van der Waals surface area contributed by atoms with E-state index in [0.29, 0.717) is 18.4 Å². The minimum absolute atomic E-state index is 0.215. The Hall–Kier alpha value is -0.830. The molecule has 0 N–H and O–H groups in total. The number of carbonyl (C=O) groups excluding carboxylic acids is 1. The lowest BCUT2D eigenvalue weighted by Gasteiger charge is -2.49. The van der Waals surface area contributed by atoms with Gasteiger partial charge in [-0.3, -0.25) is 0 Å². The van der Waals surface area contributed by atoms with Gasteiger partial charge in [-0.1, -0.05) is 19.4 Å². The average Bonchev–Trinajstić information content (AvgIpc) is 2.54. The summed E-state index contributed by atoms with van der Waals surface area (Å²) in [5.41, 5.74) is 1.45. The van der Waals surface area contributed by atoms with Gasteiger partial charge in [-0.15, -0.1) is 0 Å². The van der Waals surface area contributed by atoms with Crippen molar-refractivity contribution in [3.05, 3.63) is 11.6 Å². The molecule has 1 saturated carbocycles. The molecule has 15 heavy (non-hydrogen) atoms. The van der Waals surface area contributed by atoms with E-state index in [1.165, 1.54) is 5.57 Å². The predicted molar refractivity (Wildman–Crippen MR) is 56.3 cm³/mol. The summed E-state index contributed by atoms with van der Waals surface area (Å²) in [4.78, 5) is 11.3. The summed E-state index contributed by atoms with van der Waals surface area (Å²) < 4.78 is 10.4. The fraction of sp³-hybridized carbons (Fsp3) is 0.750. The first kappa shape index (κ1) is 10.7. The molecular formula is C12H18O3. The molecule has 1 aliphatic carbocycles. The first-order valence-corrected chi connectivity index (χ1v) is 5.55. The summed E-state index contributed by atoms with van der Waals surface area (Å²) in [6.45, 7) is 8.23. The molecule has 2 rings (SSSR count). The lowest BCUT2D eigenvalue weighted by atomic mass is 9.53. The third kappa shape index (κ3) is 1.49. The molecule has 0 radical (unpaired) electrons. The summed E-state index contributed by atoms with van der Waals surface area (Å²) in [6.07, 6.45) is 1.66. The summed E-state index contributed by atoms with van der Waals surface area (Å²) in [6, 6.07) is 0. The highest BCUT2D eigenvalue weighted by atomic mass is 16.5. The van der Waals surface area contributed by atoms with Crippen LogP contribution in [0.15, 0.2) is 11.6 Å². The van der Waals surface area contributed by atoms with Crippen LogP contribution in [-0.2, 0) is 14.3 Å². The van der Waals surface area contributed by atoms with Gasteiger partial charge in [-0.05, 0) is 12.8 Å². The van der Waals surface area contributed by atoms with Crippen molar-refractivity contribution in [1.29, 1.82) is 0 Å². The quantitative estimate of drug-likeness (QED) is 0.515. The zero-order chi connectivity index (χ0) is 11.1. The fourth-order valence-electron chi connectivity index (χ4n) is 2.72. The van der Waals surface area contributed by atoms with Crippen LogP contribution in [0.4, 0.5) is 0 Å². The minimum atomic E-state index is -0.215. The zero-order valence-electron chi connectivity index (χ0n) is 9.58. The van der Waals surface area contributed by atoms with Crippen molar-refractivity contribution in [3.8, 4) is 0 Å². The predicted octanol–water partition coefficient (Wildman–Crippen LogP) is 1.78. The van der Waals surface area contributed by atoms with Gasteiger partial charge in [0.2, 0.25) is 0 Å². The molecule has 1 heterocycles. The Morgan fingerprint density at radius 3 is 3.13 bits per heavy atom. The fourth-order valence-corrected chi connectivity index (χ4v) is 2.72. The molecular weight excluding hydrogens is 192 g/mol. The molecule has 0 aromatic carbocycles. The second kappa shape index (κ2) is 3.63. The van der Waals surface area contributed by atoms with Crippen LogP contribution < -0.4 is 0 Å². The smallest absolute Gasteiger partial charge is 0.330 e. The van der Waals surface area contributed by atoms with Crippen molar-refractivity contribution in [2.75, 3.05) is 19.8 Å². The van der Waals surface area contributed by atoms with E-state index in [4.69, 9.17) is 9.47 Å². The molecule has 0 aromatic rings. The molecule has 3 nitrogen and oxygen atoms in total. The van der Waals surface area contributed by atoms with E-state index in [2.05, 4.69) is 13.8 Å². The molecule has 84 valence electrons. The maximum atomic E-state index is 11.3. The van der Waals surface area contributed by atoms with Crippen molar-refractivity contribution >= 4 is 5.97 Å². The zero-order valence-corrected chi connectivity index (χ0v) is 9.58. The van der Waals surface area contributed by atoms with Crippen LogP contribution >= 0.6 is 0 Å². The van der Waals surface area contributed by atoms with Crippen molar-refractivity contribution in [3.63, 3.8) is 0 Å². The van der Waals surface area contributed by atoms with Gasteiger partial charge in [0.15, 0.2) is 0 Å². The standard InChI is InChI=1S/C12H18O3/c1-4-15-11(13)5-9-8(2)12(3)7-14-6-10(9)12/h5,8,10H,4,6-7H2,1-3H3/b9-5+/t8-,10-,12+/m1/s1. The van der Waals surface area contributed by atoms with Gasteiger partial charge >= 0.3 is 5.97 Å². The normalized spacial score (nSPS) is 41.1. The van der Waals surface area contributed by atoms with Crippen molar-refractivity contribution in [2.45, 2.75) is 20.8 Å². The highest BCUT2D eigenvalue weighted by Gasteiger charge is 2.56. The highest BCUT2D eigenvalue weighted by molar-refractivity contribution is 5.83. The van der Waals surface area contributed by atoms with Gasteiger partial charge in [0.25, 0.3) is 0 Å². The van der Waals surface area contributed by atoms with Gasteiger partial charge < -0.3 is 9.47 Å². The lowest BCUT2D eigenvalue weighted by molar-refractivity contribution is -0.137. The monoisotopic (exact) mass is 210 g/mol. The first-order chi connectivity index (χ1) is 7.09. The SMILES string of the molecule is CCOC(=O)/C=C1\[C@@H](C)[C@]2(C)COC[C@H]12. The Kier molecular flexibility index (Phi) is 2.59. The van der Waals surface area contributed by atoms with E-state index in [1.807, 2.05) is 6.92 Å². The Bertz CT molecular complexity index is 308. The largest absolute Gasteiger partial charge is 0.463 e. The van der Waals surface area contributed by atoms with Gasteiger partial charge in [0.1, 0.15) is 0 Å². The minimum Gasteiger partial charge on any atom is -0.463 e. The number of fused-ring (bicyclic) bond motifs is 1. The van der Waals surface area contributed by atoms with E-state index in [0.717, 1.165) is 13.2 Å². The number of rotatable bonds is 2. The molecule has 2 fully saturated rings. The van der Waals surface area contributed by atoms with Crippen LogP contribution in [0.2, 0.25) is 0 Å². The second-order valence-corrected chi connectivity index (χ2v) is 4.69. The average molecular weight is 210 g/mol. The topological polar surface area (TPSA) is 35.5 Å². The molecule has 0 bridgehead atoms. The van der Waals surface area contributed by atoms with Crippen molar-refractivity contribution < 1.29 is 14.3 Å².